The molecule has 0 atom stereocenters. The zero-order valence-corrected chi connectivity index (χ0v) is 25.6. The Balaban J connectivity index is 1.76. The highest BCUT2D eigenvalue weighted by molar-refractivity contribution is 7.91. The summed E-state index contributed by atoms with van der Waals surface area (Å²) in [5.41, 5.74) is 6.16. The van der Waals surface area contributed by atoms with Crippen molar-refractivity contribution in [1.29, 1.82) is 0 Å². The fourth-order valence-electron chi connectivity index (χ4n) is 4.05. The lowest BCUT2D eigenvalue weighted by molar-refractivity contribution is 0.416. The van der Waals surface area contributed by atoms with E-state index >= 15 is 0 Å². The summed E-state index contributed by atoms with van der Waals surface area (Å²) in [6.07, 6.45) is 0. The summed E-state index contributed by atoms with van der Waals surface area (Å²) in [4.78, 5) is -1.43. The predicted octanol–water partition coefficient (Wildman–Crippen LogP) is 5.56. The second-order valence-corrected chi connectivity index (χ2v) is 14.3. The number of methoxy groups -OCH3 is 1. The third-order valence-electron chi connectivity index (χ3n) is 6.33. The number of nitrogen functional groups attached to an aromatic ring is 1. The fourth-order valence-corrected chi connectivity index (χ4v) is 6.14. The Morgan fingerprint density at radius 3 is 2.00 bits per heavy atom. The third kappa shape index (κ3) is 6.68. The number of hydrogen-bond acceptors (Lipinski definition) is 13. The Morgan fingerprint density at radius 1 is 0.795 bits per heavy atom. The number of phenols is 1. The molecule has 0 aliphatic carbocycles. The molecule has 0 fully saturated rings. The number of phenolic OH excluding ortho intramolecular Hbond substituents is 1. The van der Waals surface area contributed by atoms with Crippen LogP contribution in [0.3, 0.4) is 0 Å². The molecule has 0 saturated heterocycles. The smallest absolute Gasteiger partial charge is 0.296 e. The second-order valence-electron chi connectivity index (χ2n) is 9.24. The number of anilines is 1. The lowest BCUT2D eigenvalue weighted by atomic mass is 10.1. The number of aromatic hydroxyl groups is 1. The van der Waals surface area contributed by atoms with E-state index in [-0.39, 0.29) is 38.5 Å². The summed E-state index contributed by atoms with van der Waals surface area (Å²) in [5, 5.41) is 26.6. The number of benzene rings is 4. The topological polar surface area (TPSA) is 248 Å². The fraction of sp³-hybridized carbons (Fsp3) is 0.154. The number of hydrogen-bond donors (Lipinski definition) is 4. The lowest BCUT2D eigenvalue weighted by Crippen LogP contribution is -2.02. The maximum absolute atomic E-state index is 12.2. The zero-order valence-electron chi connectivity index (χ0n) is 23.2. The van der Waals surface area contributed by atoms with Crippen molar-refractivity contribution >= 4 is 69.3 Å². The molecule has 4 aromatic carbocycles. The Morgan fingerprint density at radius 2 is 1.43 bits per heavy atom. The number of ether oxygens (including phenoxy) is 1. The van der Waals surface area contributed by atoms with Gasteiger partial charge in [0.15, 0.2) is 15.6 Å². The van der Waals surface area contributed by atoms with Crippen LogP contribution in [0, 0.1) is 6.92 Å². The molecule has 0 heterocycles. The zero-order chi connectivity index (χ0) is 32.6. The van der Waals surface area contributed by atoms with Gasteiger partial charge in [-0.3, -0.25) is 9.11 Å². The average Bonchev–Trinajstić information content (AvgIpc) is 2.94. The molecular weight excluding hydrogens is 639 g/mol. The van der Waals surface area contributed by atoms with Crippen molar-refractivity contribution in [1.82, 2.24) is 0 Å². The van der Waals surface area contributed by atoms with Crippen LogP contribution in [0.4, 0.5) is 28.4 Å². The monoisotopic (exact) mass is 663 g/mol. The van der Waals surface area contributed by atoms with Gasteiger partial charge >= 0.3 is 0 Å². The van der Waals surface area contributed by atoms with E-state index in [4.69, 9.17) is 10.5 Å². The van der Waals surface area contributed by atoms with Gasteiger partial charge in [-0.15, -0.1) is 10.2 Å². The summed E-state index contributed by atoms with van der Waals surface area (Å²) in [7, 11) is -11.8. The molecule has 4 rings (SSSR count). The molecule has 0 bridgehead atoms. The quantitative estimate of drug-likeness (QED) is 0.0979. The van der Waals surface area contributed by atoms with Gasteiger partial charge in [-0.25, -0.2) is 8.42 Å². The van der Waals surface area contributed by atoms with Gasteiger partial charge in [0.2, 0.25) is 0 Å². The molecule has 0 aromatic heterocycles. The van der Waals surface area contributed by atoms with E-state index in [1.54, 1.807) is 13.8 Å². The van der Waals surface area contributed by atoms with Gasteiger partial charge in [0.05, 0.1) is 34.0 Å². The van der Waals surface area contributed by atoms with Crippen molar-refractivity contribution in [2.45, 2.75) is 28.5 Å². The first kappa shape index (κ1) is 32.4. The number of sulfone groups is 1. The van der Waals surface area contributed by atoms with Crippen LogP contribution in [0.15, 0.2) is 89.7 Å². The molecule has 0 unspecified atom stereocenters. The van der Waals surface area contributed by atoms with Crippen molar-refractivity contribution in [3.05, 3.63) is 60.2 Å². The van der Waals surface area contributed by atoms with Crippen LogP contribution in [0.25, 0.3) is 10.8 Å². The summed E-state index contributed by atoms with van der Waals surface area (Å²) in [6.45, 7) is 3.20. The van der Waals surface area contributed by atoms with Crippen LogP contribution in [0.2, 0.25) is 0 Å². The molecule has 44 heavy (non-hydrogen) atoms. The van der Waals surface area contributed by atoms with E-state index in [2.05, 4.69) is 20.5 Å². The molecule has 0 saturated carbocycles. The Bertz CT molecular complexity index is 2180. The van der Waals surface area contributed by atoms with Gasteiger partial charge in [-0.1, -0.05) is 6.92 Å². The molecular formula is C26H25N5O10S3. The Kier molecular flexibility index (Phi) is 8.76. The van der Waals surface area contributed by atoms with Crippen molar-refractivity contribution < 1.29 is 44.2 Å². The number of rotatable bonds is 9. The number of nitrogens with zero attached hydrogens (tertiary/aromatic N) is 4. The lowest BCUT2D eigenvalue weighted by Gasteiger charge is -2.12. The van der Waals surface area contributed by atoms with E-state index < -0.39 is 51.3 Å². The SMILES string of the molecule is CCS(=O)(=O)c1ccc(N=Nc2cc(OC)c(N=Nc3c(S(=O)(=O)O)cc4cc(S(=O)(=O)O)cc(N)c4c3O)cc2C)cc1. The van der Waals surface area contributed by atoms with Crippen LogP contribution >= 0.6 is 0 Å². The molecule has 232 valence electrons. The summed E-state index contributed by atoms with van der Waals surface area (Å²) >= 11 is 0. The maximum atomic E-state index is 12.2. The summed E-state index contributed by atoms with van der Waals surface area (Å²) in [6, 6.07) is 11.3. The van der Waals surface area contributed by atoms with E-state index in [0.29, 0.717) is 16.9 Å². The van der Waals surface area contributed by atoms with Crippen molar-refractivity contribution in [2.24, 2.45) is 20.5 Å². The molecule has 5 N–H and O–H groups in total. The first-order valence-corrected chi connectivity index (χ1v) is 16.9. The van der Waals surface area contributed by atoms with E-state index in [1.165, 1.54) is 43.5 Å². The molecule has 4 aromatic rings. The largest absolute Gasteiger partial charge is 0.505 e. The second kappa shape index (κ2) is 11.9. The summed E-state index contributed by atoms with van der Waals surface area (Å²) in [5.74, 6) is -0.763. The standard InChI is InChI=1S/C26H25N5O10S3/c1-4-42(33,34)17-7-5-16(6-8-17)28-29-20-13-22(41-3)21(9-14(20)2)30-31-25-23(44(38,39)40)11-15-10-18(43(35,36)37)12-19(27)24(15)26(25)32/h5-13,32H,4,27H2,1-3H3,(H,35,36,37)(H,38,39,40). The Labute approximate surface area is 252 Å². The molecule has 18 heteroatoms. The highest BCUT2D eigenvalue weighted by Crippen LogP contribution is 2.45. The van der Waals surface area contributed by atoms with Gasteiger partial charge in [0.25, 0.3) is 20.2 Å². The number of fused-ring (bicyclic) bond motifs is 1. The third-order valence-corrected chi connectivity index (χ3v) is 9.78. The minimum Gasteiger partial charge on any atom is -0.505 e. The molecule has 15 nitrogen and oxygen atoms in total. The minimum atomic E-state index is -5.05. The highest BCUT2D eigenvalue weighted by Gasteiger charge is 2.25. The predicted molar refractivity (Wildman–Crippen MR) is 160 cm³/mol. The number of nitrogens with two attached hydrogens (primary N) is 1. The number of aryl methyl sites for hydroxylation is 1. The van der Waals surface area contributed by atoms with E-state index in [9.17, 15) is 39.5 Å². The van der Waals surface area contributed by atoms with Crippen molar-refractivity contribution in [3.63, 3.8) is 0 Å². The van der Waals surface area contributed by atoms with Crippen LogP contribution in [0.5, 0.6) is 11.5 Å². The molecule has 0 aliphatic rings. The van der Waals surface area contributed by atoms with Gasteiger partial charge in [0, 0.05) is 17.1 Å². The normalized spacial score (nSPS) is 12.8. The van der Waals surface area contributed by atoms with Crippen molar-refractivity contribution in [2.75, 3.05) is 18.6 Å². The first-order valence-electron chi connectivity index (χ1n) is 12.4. The van der Waals surface area contributed by atoms with Gasteiger partial charge < -0.3 is 15.6 Å². The molecule has 0 radical (unpaired) electrons. The molecule has 0 spiro atoms. The van der Waals surface area contributed by atoms with Crippen LogP contribution in [0.1, 0.15) is 12.5 Å². The maximum Gasteiger partial charge on any atom is 0.296 e. The molecule has 0 aliphatic heterocycles. The first-order chi connectivity index (χ1) is 20.5. The van der Waals surface area contributed by atoms with Crippen LogP contribution in [-0.2, 0) is 30.1 Å². The van der Waals surface area contributed by atoms with E-state index in [0.717, 1.165) is 18.2 Å². The minimum absolute atomic E-state index is 0.0416. The van der Waals surface area contributed by atoms with Gasteiger partial charge in [0.1, 0.15) is 22.0 Å². The van der Waals surface area contributed by atoms with Crippen molar-refractivity contribution in [3.8, 4) is 11.5 Å². The van der Waals surface area contributed by atoms with Crippen LogP contribution in [-0.4, -0.2) is 52.3 Å². The molecule has 0 amide bonds. The number of azo groups is 2. The van der Waals surface area contributed by atoms with Gasteiger partial charge in [-0.05, 0) is 66.4 Å². The van der Waals surface area contributed by atoms with Gasteiger partial charge in [-0.2, -0.15) is 27.1 Å². The van der Waals surface area contributed by atoms with Crippen LogP contribution < -0.4 is 10.5 Å². The Hall–Kier alpha value is -4.49. The highest BCUT2D eigenvalue weighted by atomic mass is 32.2. The summed E-state index contributed by atoms with van der Waals surface area (Å²) < 4.78 is 96.2. The average molecular weight is 664 g/mol. The van der Waals surface area contributed by atoms with E-state index in [1.807, 2.05) is 0 Å².